The molecule has 1 fully saturated rings. The van der Waals surface area contributed by atoms with Gasteiger partial charge in [-0.25, -0.2) is 15.0 Å². The fourth-order valence-electron chi connectivity index (χ4n) is 5.21. The van der Waals surface area contributed by atoms with Crippen LogP contribution in [-0.4, -0.2) is 63.8 Å². The molecule has 0 saturated carbocycles. The molecule has 4 heterocycles. The first kappa shape index (κ1) is 27.5. The van der Waals surface area contributed by atoms with E-state index in [9.17, 15) is 9.59 Å². The molecule has 1 amide bonds. The van der Waals surface area contributed by atoms with Crippen LogP contribution in [0.2, 0.25) is 0 Å². The molecular formula is C30H36N6O4. The van der Waals surface area contributed by atoms with E-state index in [1.807, 2.05) is 30.3 Å². The summed E-state index contributed by atoms with van der Waals surface area (Å²) < 4.78 is 10.7. The Morgan fingerprint density at radius 3 is 2.77 bits per heavy atom. The van der Waals surface area contributed by atoms with Crippen LogP contribution >= 0.6 is 0 Å². The van der Waals surface area contributed by atoms with Gasteiger partial charge in [0.15, 0.2) is 0 Å². The largest absolute Gasteiger partial charge is 0.480 e. The van der Waals surface area contributed by atoms with Gasteiger partial charge in [-0.3, -0.25) is 9.59 Å². The predicted octanol–water partition coefficient (Wildman–Crippen LogP) is 4.95. The smallest absolute Gasteiger partial charge is 0.263 e. The number of carbonyl (C=O) groups is 2. The molecule has 10 heteroatoms. The lowest BCUT2D eigenvalue weighted by atomic mass is 9.95. The zero-order valence-corrected chi connectivity index (χ0v) is 23.1. The van der Waals surface area contributed by atoms with E-state index in [0.29, 0.717) is 24.5 Å². The molecule has 4 aromatic rings. The standard InChI is InChI=1S/C30H36N6O4/c1-36-15-12-20(13-16-36)28(38)34-24(10-4-3-5-11-26(37)30-31-14-17-40-30)27-32-19-25(33-27)22-18-21-8-6-7-9-23(21)35-29(22)39-2/h6-9,14,17-20,24H,3-5,10-13,15-16H2,1-2H3,(H,32,33)(H,34,38)/t24-/m0/s1. The molecule has 2 N–H and O–H groups in total. The number of para-hydroxylation sites is 1. The number of nitrogens with one attached hydrogen (secondary N) is 2. The molecule has 0 bridgehead atoms. The first-order valence-electron chi connectivity index (χ1n) is 13.9. The van der Waals surface area contributed by atoms with Crippen LogP contribution in [0.1, 0.15) is 67.5 Å². The number of likely N-dealkylation sites (tertiary alicyclic amines) is 1. The molecule has 0 unspecified atom stereocenters. The van der Waals surface area contributed by atoms with Crippen molar-refractivity contribution in [3.63, 3.8) is 0 Å². The minimum atomic E-state index is -0.275. The van der Waals surface area contributed by atoms with Gasteiger partial charge >= 0.3 is 0 Å². The first-order valence-corrected chi connectivity index (χ1v) is 13.9. The number of amides is 1. The summed E-state index contributed by atoms with van der Waals surface area (Å²) in [6.07, 6.45) is 9.82. The third kappa shape index (κ3) is 6.56. The van der Waals surface area contributed by atoms with E-state index in [0.717, 1.165) is 67.4 Å². The van der Waals surface area contributed by atoms with Crippen molar-refractivity contribution in [2.24, 2.45) is 5.92 Å². The number of H-pyrrole nitrogens is 1. The number of unbranched alkanes of at least 4 members (excludes halogenated alkanes) is 2. The van der Waals surface area contributed by atoms with E-state index in [2.05, 4.69) is 37.2 Å². The lowest BCUT2D eigenvalue weighted by Gasteiger charge is -2.29. The molecule has 1 atom stereocenters. The molecular weight excluding hydrogens is 508 g/mol. The summed E-state index contributed by atoms with van der Waals surface area (Å²) in [4.78, 5) is 44.4. The van der Waals surface area contributed by atoms with E-state index in [1.165, 1.54) is 12.5 Å². The zero-order chi connectivity index (χ0) is 27.9. The number of imidazole rings is 1. The third-order valence-corrected chi connectivity index (χ3v) is 7.57. The fraction of sp³-hybridized carbons (Fsp3) is 0.433. The summed E-state index contributed by atoms with van der Waals surface area (Å²) in [5.41, 5.74) is 2.44. The van der Waals surface area contributed by atoms with Gasteiger partial charge in [-0.2, -0.15) is 0 Å². The second-order valence-electron chi connectivity index (χ2n) is 10.4. The Bertz CT molecular complexity index is 1430. The Labute approximate surface area is 233 Å². The van der Waals surface area contributed by atoms with Crippen molar-refractivity contribution in [2.75, 3.05) is 27.2 Å². The summed E-state index contributed by atoms with van der Waals surface area (Å²) in [5.74, 6) is 1.34. The van der Waals surface area contributed by atoms with Crippen LogP contribution < -0.4 is 10.1 Å². The molecule has 10 nitrogen and oxygen atoms in total. The van der Waals surface area contributed by atoms with E-state index < -0.39 is 0 Å². The number of nitrogens with zero attached hydrogens (tertiary/aromatic N) is 4. The average Bonchev–Trinajstić information content (AvgIpc) is 3.69. The summed E-state index contributed by atoms with van der Waals surface area (Å²) >= 11 is 0. The summed E-state index contributed by atoms with van der Waals surface area (Å²) in [6, 6.07) is 9.65. The Hall–Kier alpha value is -4.05. The fourth-order valence-corrected chi connectivity index (χ4v) is 5.21. The van der Waals surface area contributed by atoms with Crippen molar-refractivity contribution < 1.29 is 18.7 Å². The van der Waals surface area contributed by atoms with Crippen LogP contribution in [-0.2, 0) is 4.79 Å². The molecule has 0 radical (unpaired) electrons. The van der Waals surface area contributed by atoms with Crippen molar-refractivity contribution in [1.82, 2.24) is 30.2 Å². The number of ketones is 1. The van der Waals surface area contributed by atoms with E-state index in [1.54, 1.807) is 13.3 Å². The number of hydrogen-bond acceptors (Lipinski definition) is 8. The molecule has 1 aliphatic rings. The lowest BCUT2D eigenvalue weighted by Crippen LogP contribution is -2.40. The van der Waals surface area contributed by atoms with Gasteiger partial charge in [0.1, 0.15) is 12.1 Å². The number of fused-ring (bicyclic) bond motifs is 1. The highest BCUT2D eigenvalue weighted by atomic mass is 16.5. The van der Waals surface area contributed by atoms with Crippen LogP contribution in [0, 0.1) is 5.92 Å². The van der Waals surface area contributed by atoms with Crippen LogP contribution in [0.5, 0.6) is 5.88 Å². The number of benzene rings is 1. The maximum absolute atomic E-state index is 13.3. The van der Waals surface area contributed by atoms with Crippen molar-refractivity contribution in [3.8, 4) is 17.1 Å². The normalized spacial score (nSPS) is 15.2. The van der Waals surface area contributed by atoms with Crippen molar-refractivity contribution in [3.05, 3.63) is 60.7 Å². The van der Waals surface area contributed by atoms with Gasteiger partial charge in [0, 0.05) is 17.7 Å². The number of carbonyl (C=O) groups excluding carboxylic acids is 2. The van der Waals surface area contributed by atoms with Crippen LogP contribution in [0.4, 0.5) is 0 Å². The van der Waals surface area contributed by atoms with Crippen molar-refractivity contribution >= 4 is 22.6 Å². The molecule has 210 valence electrons. The van der Waals surface area contributed by atoms with Gasteiger partial charge in [0.2, 0.25) is 17.6 Å². The molecule has 1 saturated heterocycles. The minimum absolute atomic E-state index is 0.00340. The Morgan fingerprint density at radius 2 is 2.00 bits per heavy atom. The van der Waals surface area contributed by atoms with Crippen molar-refractivity contribution in [2.45, 2.75) is 51.0 Å². The number of Topliss-reactive ketones (excluding diaryl/α,β-unsaturated/α-hetero) is 1. The number of rotatable bonds is 12. The van der Waals surface area contributed by atoms with Gasteiger partial charge < -0.3 is 24.4 Å². The van der Waals surface area contributed by atoms with Gasteiger partial charge in [-0.1, -0.05) is 31.0 Å². The predicted molar refractivity (Wildman–Crippen MR) is 151 cm³/mol. The number of ether oxygens (including phenoxy) is 1. The van der Waals surface area contributed by atoms with Gasteiger partial charge in [-0.05, 0) is 58.0 Å². The van der Waals surface area contributed by atoms with Crippen LogP contribution in [0.3, 0.4) is 0 Å². The molecule has 0 aliphatic carbocycles. The summed E-state index contributed by atoms with van der Waals surface area (Å²) in [7, 11) is 3.69. The van der Waals surface area contributed by atoms with Gasteiger partial charge in [0.05, 0.1) is 42.3 Å². The molecule has 1 aliphatic heterocycles. The highest BCUT2D eigenvalue weighted by Crippen LogP contribution is 2.32. The number of pyridine rings is 1. The second kappa shape index (κ2) is 12.9. The van der Waals surface area contributed by atoms with E-state index in [4.69, 9.17) is 9.15 Å². The Balaban J connectivity index is 1.29. The monoisotopic (exact) mass is 544 g/mol. The SMILES string of the molecule is COc1nc2ccccc2cc1-c1cnc([C@H](CCCCCC(=O)c2ncco2)NC(=O)C2CCN(C)CC2)[nH]1. The minimum Gasteiger partial charge on any atom is -0.480 e. The highest BCUT2D eigenvalue weighted by molar-refractivity contribution is 5.91. The number of aromatic nitrogens is 4. The lowest BCUT2D eigenvalue weighted by molar-refractivity contribution is -0.127. The maximum atomic E-state index is 13.3. The quantitative estimate of drug-likeness (QED) is 0.189. The number of oxazole rings is 1. The summed E-state index contributed by atoms with van der Waals surface area (Å²) in [5, 5.41) is 4.27. The van der Waals surface area contributed by atoms with Gasteiger partial charge in [0.25, 0.3) is 5.89 Å². The van der Waals surface area contributed by atoms with E-state index in [-0.39, 0.29) is 29.5 Å². The van der Waals surface area contributed by atoms with Crippen molar-refractivity contribution in [1.29, 1.82) is 0 Å². The van der Waals surface area contributed by atoms with Gasteiger partial charge in [-0.15, -0.1) is 0 Å². The molecule has 5 rings (SSSR count). The highest BCUT2D eigenvalue weighted by Gasteiger charge is 2.27. The summed E-state index contributed by atoms with van der Waals surface area (Å²) in [6.45, 7) is 1.84. The Morgan fingerprint density at radius 1 is 1.18 bits per heavy atom. The number of piperidine rings is 1. The van der Waals surface area contributed by atoms with Crippen LogP contribution in [0.25, 0.3) is 22.2 Å². The number of hydrogen-bond donors (Lipinski definition) is 2. The van der Waals surface area contributed by atoms with E-state index >= 15 is 0 Å². The van der Waals surface area contributed by atoms with Crippen LogP contribution in [0.15, 0.2) is 53.4 Å². The first-order chi connectivity index (χ1) is 19.5. The Kier molecular flexibility index (Phi) is 8.85. The average molecular weight is 545 g/mol. The number of methoxy groups -OCH3 is 1. The molecule has 3 aromatic heterocycles. The number of aromatic amines is 1. The molecule has 1 aromatic carbocycles. The third-order valence-electron chi connectivity index (χ3n) is 7.57. The maximum Gasteiger partial charge on any atom is 0.263 e. The molecule has 40 heavy (non-hydrogen) atoms. The second-order valence-corrected chi connectivity index (χ2v) is 10.4. The molecule has 0 spiro atoms. The topological polar surface area (TPSA) is 126 Å². The zero-order valence-electron chi connectivity index (χ0n) is 23.1.